The molecule has 0 radical (unpaired) electrons. The lowest BCUT2D eigenvalue weighted by Gasteiger charge is -2.11. The summed E-state index contributed by atoms with van der Waals surface area (Å²) in [6, 6.07) is 4.77. The minimum absolute atomic E-state index is 0.127. The molecule has 0 heterocycles. The fourth-order valence-electron chi connectivity index (χ4n) is 1.41. The molecule has 0 saturated heterocycles. The van der Waals surface area contributed by atoms with E-state index in [1.165, 1.54) is 21.1 Å². The summed E-state index contributed by atoms with van der Waals surface area (Å²) in [4.78, 5) is 11.9. The van der Waals surface area contributed by atoms with Crippen molar-refractivity contribution in [2.45, 2.75) is 6.92 Å². The highest BCUT2D eigenvalue weighted by Crippen LogP contribution is 2.28. The van der Waals surface area contributed by atoms with Gasteiger partial charge in [0.1, 0.15) is 17.2 Å². The molecule has 0 fully saturated rings. The number of hydrogen-bond acceptors (Lipinski definition) is 7. The van der Waals surface area contributed by atoms with Gasteiger partial charge >= 0.3 is 0 Å². The van der Waals surface area contributed by atoms with Crippen LogP contribution in [0.1, 0.15) is 6.92 Å². The molecular weight excluding hydrogens is 266 g/mol. The first kappa shape index (κ1) is 15.3. The first-order valence-corrected chi connectivity index (χ1v) is 5.51. The van der Waals surface area contributed by atoms with Crippen molar-refractivity contribution in [3.8, 4) is 11.5 Å². The maximum atomic E-state index is 11.9. The van der Waals surface area contributed by atoms with E-state index in [-0.39, 0.29) is 5.71 Å². The van der Waals surface area contributed by atoms with Crippen LogP contribution in [0.15, 0.2) is 28.5 Å². The number of hydrogen-bond donors (Lipinski definition) is 3. The van der Waals surface area contributed by atoms with E-state index in [1.807, 2.05) is 0 Å². The summed E-state index contributed by atoms with van der Waals surface area (Å²) in [7, 11) is 2.94. The van der Waals surface area contributed by atoms with Crippen molar-refractivity contribution in [1.82, 2.24) is 0 Å². The Labute approximate surface area is 115 Å². The molecule has 1 amide bonds. The fraction of sp³-hybridized carbons (Fsp3) is 0.250. The van der Waals surface area contributed by atoms with E-state index >= 15 is 0 Å². The Balaban J connectivity index is 3.01. The summed E-state index contributed by atoms with van der Waals surface area (Å²) in [6.07, 6.45) is 0. The number of oxime groups is 2. The Morgan fingerprint density at radius 1 is 1.20 bits per heavy atom. The highest BCUT2D eigenvalue weighted by atomic mass is 16.5. The lowest BCUT2D eigenvalue weighted by Crippen LogP contribution is -2.28. The Morgan fingerprint density at radius 3 is 2.40 bits per heavy atom. The van der Waals surface area contributed by atoms with Crippen molar-refractivity contribution in [2.75, 3.05) is 19.5 Å². The van der Waals surface area contributed by atoms with Crippen molar-refractivity contribution in [2.24, 2.45) is 10.3 Å². The number of rotatable bonds is 5. The van der Waals surface area contributed by atoms with Gasteiger partial charge in [-0.1, -0.05) is 10.3 Å². The van der Waals surface area contributed by atoms with Crippen LogP contribution < -0.4 is 14.8 Å². The molecule has 0 aliphatic heterocycles. The Bertz CT molecular complexity index is 554. The van der Waals surface area contributed by atoms with Crippen LogP contribution in [-0.4, -0.2) is 42.0 Å². The van der Waals surface area contributed by atoms with Gasteiger partial charge in [0.25, 0.3) is 5.91 Å². The molecule has 1 aromatic carbocycles. The van der Waals surface area contributed by atoms with Crippen LogP contribution in [-0.2, 0) is 4.79 Å². The highest BCUT2D eigenvalue weighted by molar-refractivity contribution is 6.68. The van der Waals surface area contributed by atoms with Crippen molar-refractivity contribution in [1.29, 1.82) is 0 Å². The fourth-order valence-corrected chi connectivity index (χ4v) is 1.41. The number of nitrogens with zero attached hydrogens (tertiary/aromatic N) is 2. The van der Waals surface area contributed by atoms with Crippen LogP contribution in [0.25, 0.3) is 0 Å². The van der Waals surface area contributed by atoms with E-state index < -0.39 is 11.6 Å². The lowest BCUT2D eigenvalue weighted by molar-refractivity contribution is -0.110. The monoisotopic (exact) mass is 281 g/mol. The average molecular weight is 281 g/mol. The number of anilines is 1. The summed E-state index contributed by atoms with van der Waals surface area (Å²) in [5.41, 5.74) is -0.187. The van der Waals surface area contributed by atoms with E-state index in [0.717, 1.165) is 0 Å². The summed E-state index contributed by atoms with van der Waals surface area (Å²) in [6.45, 7) is 1.32. The third kappa shape index (κ3) is 3.37. The molecular formula is C12H15N3O5. The first-order valence-electron chi connectivity index (χ1n) is 5.51. The SMILES string of the molecule is COc1ccc(NC(=O)C(=N\O)/C(C)=N\O)c(OC)c1. The summed E-state index contributed by atoms with van der Waals surface area (Å²) >= 11 is 0. The van der Waals surface area contributed by atoms with Gasteiger partial charge < -0.3 is 25.2 Å². The van der Waals surface area contributed by atoms with Gasteiger partial charge in [-0.05, 0) is 19.1 Å². The minimum Gasteiger partial charge on any atom is -0.497 e. The molecule has 0 bridgehead atoms. The molecule has 3 N–H and O–H groups in total. The Hall–Kier alpha value is -2.77. The predicted molar refractivity (Wildman–Crippen MR) is 72.3 cm³/mol. The van der Waals surface area contributed by atoms with E-state index in [1.54, 1.807) is 18.2 Å². The molecule has 0 saturated carbocycles. The zero-order valence-electron chi connectivity index (χ0n) is 11.2. The largest absolute Gasteiger partial charge is 0.497 e. The van der Waals surface area contributed by atoms with Gasteiger partial charge in [0, 0.05) is 6.07 Å². The van der Waals surface area contributed by atoms with Gasteiger partial charge in [-0.2, -0.15) is 0 Å². The Kier molecular flexibility index (Phi) is 5.33. The van der Waals surface area contributed by atoms with Crippen LogP contribution in [0, 0.1) is 0 Å². The zero-order valence-corrected chi connectivity index (χ0v) is 11.2. The van der Waals surface area contributed by atoms with E-state index in [4.69, 9.17) is 19.9 Å². The highest BCUT2D eigenvalue weighted by Gasteiger charge is 2.18. The van der Waals surface area contributed by atoms with Crippen LogP contribution in [0.5, 0.6) is 11.5 Å². The number of carbonyl (C=O) groups is 1. The summed E-state index contributed by atoms with van der Waals surface area (Å²) < 4.78 is 10.1. The first-order chi connectivity index (χ1) is 9.57. The van der Waals surface area contributed by atoms with Gasteiger partial charge in [0.15, 0.2) is 5.71 Å². The molecule has 8 heteroatoms. The van der Waals surface area contributed by atoms with Crippen LogP contribution in [0.3, 0.4) is 0 Å². The van der Waals surface area contributed by atoms with Crippen LogP contribution >= 0.6 is 0 Å². The molecule has 0 aliphatic carbocycles. The molecule has 0 spiro atoms. The van der Waals surface area contributed by atoms with E-state index in [0.29, 0.717) is 17.2 Å². The lowest BCUT2D eigenvalue weighted by atomic mass is 10.2. The normalized spacial score (nSPS) is 11.9. The minimum atomic E-state index is -0.744. The molecule has 0 aromatic heterocycles. The predicted octanol–water partition coefficient (Wildman–Crippen LogP) is 1.32. The molecule has 0 atom stereocenters. The second kappa shape index (κ2) is 6.98. The van der Waals surface area contributed by atoms with Gasteiger partial charge in [-0.3, -0.25) is 4.79 Å². The van der Waals surface area contributed by atoms with E-state index in [2.05, 4.69) is 15.6 Å². The second-order valence-corrected chi connectivity index (χ2v) is 3.65. The molecule has 8 nitrogen and oxygen atoms in total. The molecule has 1 aromatic rings. The molecule has 0 unspecified atom stereocenters. The number of nitrogens with one attached hydrogen (secondary N) is 1. The van der Waals surface area contributed by atoms with Crippen molar-refractivity contribution >= 4 is 23.0 Å². The molecule has 0 aliphatic rings. The third-order valence-electron chi connectivity index (χ3n) is 2.46. The second-order valence-electron chi connectivity index (χ2n) is 3.65. The van der Waals surface area contributed by atoms with Crippen molar-refractivity contribution in [3.63, 3.8) is 0 Å². The Morgan fingerprint density at radius 2 is 1.90 bits per heavy atom. The average Bonchev–Trinajstić information content (AvgIpc) is 2.48. The van der Waals surface area contributed by atoms with E-state index in [9.17, 15) is 4.79 Å². The summed E-state index contributed by atoms with van der Waals surface area (Å²) in [5, 5.41) is 25.4. The smallest absolute Gasteiger partial charge is 0.279 e. The number of methoxy groups -OCH3 is 2. The van der Waals surface area contributed by atoms with Crippen molar-refractivity contribution < 1.29 is 24.7 Å². The van der Waals surface area contributed by atoms with Gasteiger partial charge in [-0.15, -0.1) is 0 Å². The molecule has 1 rings (SSSR count). The van der Waals surface area contributed by atoms with Crippen LogP contribution in [0.4, 0.5) is 5.69 Å². The molecule has 20 heavy (non-hydrogen) atoms. The number of amides is 1. The van der Waals surface area contributed by atoms with Crippen LogP contribution in [0.2, 0.25) is 0 Å². The number of carbonyl (C=O) groups excluding carboxylic acids is 1. The van der Waals surface area contributed by atoms with Gasteiger partial charge in [-0.25, -0.2) is 0 Å². The zero-order chi connectivity index (χ0) is 15.1. The number of benzene rings is 1. The van der Waals surface area contributed by atoms with Gasteiger partial charge in [0.2, 0.25) is 0 Å². The number of ether oxygens (including phenoxy) is 2. The maximum Gasteiger partial charge on any atom is 0.279 e. The summed E-state index contributed by atoms with van der Waals surface area (Å²) in [5.74, 6) is 0.184. The molecule has 108 valence electrons. The third-order valence-corrected chi connectivity index (χ3v) is 2.46. The van der Waals surface area contributed by atoms with Crippen molar-refractivity contribution in [3.05, 3.63) is 18.2 Å². The topological polar surface area (TPSA) is 113 Å². The maximum absolute atomic E-state index is 11.9. The standard InChI is InChI=1S/C12H15N3O5/c1-7(14-17)11(15-18)12(16)13-9-5-4-8(19-2)6-10(9)20-3/h4-6,17-18H,1-3H3,(H,13,16)/b14-7-,15-11-. The quantitative estimate of drug-likeness (QED) is 0.428. The van der Waals surface area contributed by atoms with Gasteiger partial charge in [0.05, 0.1) is 19.9 Å².